The summed E-state index contributed by atoms with van der Waals surface area (Å²) >= 11 is 0. The van der Waals surface area contributed by atoms with Crippen molar-refractivity contribution in [3.63, 3.8) is 0 Å². The molecule has 1 atom stereocenters. The maximum Gasteiger partial charge on any atom is 0.317 e. The van der Waals surface area contributed by atoms with E-state index in [-0.39, 0.29) is 11.8 Å². The SMILES string of the molecule is CN(C)Cc1ccc(CNC(=O)N2CC[C@@H](CN(C)C)C2)cc1F. The number of halogens is 1. The van der Waals surface area contributed by atoms with Gasteiger partial charge in [-0.3, -0.25) is 0 Å². The molecule has 1 aromatic carbocycles. The monoisotopic (exact) mass is 336 g/mol. The normalized spacial score (nSPS) is 17.8. The van der Waals surface area contributed by atoms with Crippen LogP contribution in [0.4, 0.5) is 9.18 Å². The number of benzene rings is 1. The third kappa shape index (κ3) is 5.46. The lowest BCUT2D eigenvalue weighted by molar-refractivity contribution is 0.205. The number of urea groups is 1. The van der Waals surface area contributed by atoms with Gasteiger partial charge < -0.3 is 20.0 Å². The van der Waals surface area contributed by atoms with E-state index in [9.17, 15) is 9.18 Å². The van der Waals surface area contributed by atoms with Crippen molar-refractivity contribution in [1.29, 1.82) is 0 Å². The van der Waals surface area contributed by atoms with Gasteiger partial charge in [0.1, 0.15) is 5.82 Å². The van der Waals surface area contributed by atoms with E-state index in [0.29, 0.717) is 24.6 Å². The summed E-state index contributed by atoms with van der Waals surface area (Å²) in [6.45, 7) is 3.51. The number of hydrogen-bond acceptors (Lipinski definition) is 3. The molecule has 0 radical (unpaired) electrons. The third-order valence-electron chi connectivity index (χ3n) is 4.24. The fourth-order valence-corrected chi connectivity index (χ4v) is 3.14. The molecule has 0 saturated carbocycles. The molecule has 1 aliphatic heterocycles. The average Bonchev–Trinajstić information content (AvgIpc) is 2.94. The van der Waals surface area contributed by atoms with Crippen molar-refractivity contribution >= 4 is 6.03 Å². The highest BCUT2D eigenvalue weighted by atomic mass is 19.1. The van der Waals surface area contributed by atoms with E-state index in [1.165, 1.54) is 6.07 Å². The van der Waals surface area contributed by atoms with E-state index in [0.717, 1.165) is 31.6 Å². The molecule has 2 rings (SSSR count). The van der Waals surface area contributed by atoms with Crippen LogP contribution in [0, 0.1) is 11.7 Å². The second-order valence-electron chi connectivity index (χ2n) is 7.19. The van der Waals surface area contributed by atoms with Gasteiger partial charge in [0, 0.05) is 38.3 Å². The fourth-order valence-electron chi connectivity index (χ4n) is 3.14. The molecular formula is C18H29FN4O. The van der Waals surface area contributed by atoms with Gasteiger partial charge in [-0.05, 0) is 52.2 Å². The molecule has 1 N–H and O–H groups in total. The maximum atomic E-state index is 14.1. The first kappa shape index (κ1) is 18.7. The van der Waals surface area contributed by atoms with Crippen LogP contribution in [-0.2, 0) is 13.1 Å². The topological polar surface area (TPSA) is 38.8 Å². The first-order chi connectivity index (χ1) is 11.3. The molecule has 6 heteroatoms. The van der Waals surface area contributed by atoms with Crippen LogP contribution in [0.15, 0.2) is 18.2 Å². The van der Waals surface area contributed by atoms with Gasteiger partial charge in [-0.2, -0.15) is 0 Å². The second kappa shape index (κ2) is 8.44. The standard InChI is InChI=1S/C18H29FN4O/c1-21(2)11-15-7-8-23(12-15)18(24)20-10-14-5-6-16(13-22(3)4)17(19)9-14/h5-6,9,15H,7-8,10-13H2,1-4H3,(H,20,24)/t15-/m0/s1. The van der Waals surface area contributed by atoms with E-state index in [1.807, 2.05) is 30.0 Å². The number of amides is 2. The summed E-state index contributed by atoms with van der Waals surface area (Å²) in [6.07, 6.45) is 1.04. The molecule has 0 unspecified atom stereocenters. The van der Waals surface area contributed by atoms with Crippen LogP contribution < -0.4 is 5.32 Å². The predicted molar refractivity (Wildman–Crippen MR) is 94.3 cm³/mol. The molecule has 1 fully saturated rings. The van der Waals surface area contributed by atoms with Crippen molar-refractivity contribution in [1.82, 2.24) is 20.0 Å². The lowest BCUT2D eigenvalue weighted by Gasteiger charge is -2.19. The van der Waals surface area contributed by atoms with Crippen LogP contribution in [0.1, 0.15) is 17.5 Å². The number of rotatable bonds is 6. The Hall–Kier alpha value is -1.66. The molecule has 24 heavy (non-hydrogen) atoms. The Bertz CT molecular complexity index is 562. The van der Waals surface area contributed by atoms with E-state index < -0.39 is 0 Å². The van der Waals surface area contributed by atoms with Crippen molar-refractivity contribution in [2.75, 3.05) is 47.8 Å². The predicted octanol–water partition coefficient (Wildman–Crippen LogP) is 1.98. The third-order valence-corrected chi connectivity index (χ3v) is 4.24. The Morgan fingerprint density at radius 2 is 2.04 bits per heavy atom. The Kier molecular flexibility index (Phi) is 6.57. The molecule has 1 heterocycles. The first-order valence-corrected chi connectivity index (χ1v) is 8.44. The van der Waals surface area contributed by atoms with Crippen molar-refractivity contribution in [3.05, 3.63) is 35.1 Å². The smallest absolute Gasteiger partial charge is 0.317 e. The van der Waals surface area contributed by atoms with Crippen LogP contribution in [0.5, 0.6) is 0 Å². The van der Waals surface area contributed by atoms with Crippen molar-refractivity contribution in [2.24, 2.45) is 5.92 Å². The number of nitrogens with zero attached hydrogens (tertiary/aromatic N) is 3. The van der Waals surface area contributed by atoms with Gasteiger partial charge in [-0.1, -0.05) is 12.1 Å². The molecule has 0 aromatic heterocycles. The quantitative estimate of drug-likeness (QED) is 0.863. The Morgan fingerprint density at radius 3 is 2.67 bits per heavy atom. The Labute approximate surface area is 144 Å². The highest BCUT2D eigenvalue weighted by Gasteiger charge is 2.26. The lowest BCUT2D eigenvalue weighted by atomic mass is 10.1. The minimum Gasteiger partial charge on any atom is -0.334 e. The van der Waals surface area contributed by atoms with Crippen LogP contribution in [0.2, 0.25) is 0 Å². The van der Waals surface area contributed by atoms with Crippen LogP contribution in [-0.4, -0.2) is 68.6 Å². The molecule has 1 aliphatic rings. The zero-order chi connectivity index (χ0) is 17.7. The number of carbonyl (C=O) groups is 1. The molecule has 2 amide bonds. The number of likely N-dealkylation sites (tertiary alicyclic amines) is 1. The van der Waals surface area contributed by atoms with Crippen molar-refractivity contribution < 1.29 is 9.18 Å². The summed E-state index contributed by atoms with van der Waals surface area (Å²) in [5, 5.41) is 2.90. The van der Waals surface area contributed by atoms with Gasteiger partial charge in [0.05, 0.1) is 0 Å². The molecular weight excluding hydrogens is 307 g/mol. The summed E-state index contributed by atoms with van der Waals surface area (Å²) in [7, 11) is 7.93. The van der Waals surface area contributed by atoms with Crippen LogP contribution >= 0.6 is 0 Å². The second-order valence-corrected chi connectivity index (χ2v) is 7.19. The van der Waals surface area contributed by atoms with E-state index in [2.05, 4.69) is 24.3 Å². The average molecular weight is 336 g/mol. The van der Waals surface area contributed by atoms with Gasteiger partial charge in [-0.15, -0.1) is 0 Å². The Morgan fingerprint density at radius 1 is 1.29 bits per heavy atom. The molecule has 0 bridgehead atoms. The molecule has 5 nitrogen and oxygen atoms in total. The van der Waals surface area contributed by atoms with Gasteiger partial charge in [0.2, 0.25) is 0 Å². The highest BCUT2D eigenvalue weighted by molar-refractivity contribution is 5.74. The van der Waals surface area contributed by atoms with E-state index in [4.69, 9.17) is 0 Å². The van der Waals surface area contributed by atoms with Crippen LogP contribution in [0.25, 0.3) is 0 Å². The maximum absolute atomic E-state index is 14.1. The summed E-state index contributed by atoms with van der Waals surface area (Å²) in [6, 6.07) is 5.12. The molecule has 0 aliphatic carbocycles. The molecule has 0 spiro atoms. The van der Waals surface area contributed by atoms with E-state index >= 15 is 0 Å². The number of hydrogen-bond donors (Lipinski definition) is 1. The van der Waals surface area contributed by atoms with Gasteiger partial charge in [0.15, 0.2) is 0 Å². The summed E-state index contributed by atoms with van der Waals surface area (Å²) in [5.74, 6) is 0.316. The zero-order valence-corrected chi connectivity index (χ0v) is 15.2. The zero-order valence-electron chi connectivity index (χ0n) is 15.2. The minimum atomic E-state index is -0.220. The lowest BCUT2D eigenvalue weighted by Crippen LogP contribution is -2.38. The summed E-state index contributed by atoms with van der Waals surface area (Å²) in [5.41, 5.74) is 1.45. The molecule has 1 aromatic rings. The van der Waals surface area contributed by atoms with Crippen molar-refractivity contribution in [3.8, 4) is 0 Å². The number of carbonyl (C=O) groups excluding carboxylic acids is 1. The van der Waals surface area contributed by atoms with Crippen LogP contribution in [0.3, 0.4) is 0 Å². The first-order valence-electron chi connectivity index (χ1n) is 8.44. The molecule has 1 saturated heterocycles. The fraction of sp³-hybridized carbons (Fsp3) is 0.611. The van der Waals surface area contributed by atoms with Gasteiger partial charge in [-0.25, -0.2) is 9.18 Å². The van der Waals surface area contributed by atoms with Gasteiger partial charge in [0.25, 0.3) is 0 Å². The highest BCUT2D eigenvalue weighted by Crippen LogP contribution is 2.17. The van der Waals surface area contributed by atoms with Gasteiger partial charge >= 0.3 is 6.03 Å². The van der Waals surface area contributed by atoms with Crippen molar-refractivity contribution in [2.45, 2.75) is 19.5 Å². The summed E-state index contributed by atoms with van der Waals surface area (Å²) in [4.78, 5) is 18.2. The Balaban J connectivity index is 1.83. The molecule has 134 valence electrons. The minimum absolute atomic E-state index is 0.0611. The van der Waals surface area contributed by atoms with E-state index in [1.54, 1.807) is 6.07 Å². The number of nitrogens with one attached hydrogen (secondary N) is 1. The summed E-state index contributed by atoms with van der Waals surface area (Å²) < 4.78 is 14.1. The largest absolute Gasteiger partial charge is 0.334 e.